The first kappa shape index (κ1) is 21.9. The summed E-state index contributed by atoms with van der Waals surface area (Å²) in [5.74, 6) is -0.180. The van der Waals surface area contributed by atoms with Gasteiger partial charge in [0.2, 0.25) is 11.8 Å². The Kier molecular flexibility index (Phi) is 6.42. The second kappa shape index (κ2) is 9.07. The number of urea groups is 1. The predicted molar refractivity (Wildman–Crippen MR) is 123 cm³/mol. The minimum Gasteiger partial charge on any atom is -0.338 e. The summed E-state index contributed by atoms with van der Waals surface area (Å²) in [4.78, 5) is 44.6. The second-order valence-electron chi connectivity index (χ2n) is 8.77. The molecule has 3 aliphatic rings. The highest BCUT2D eigenvalue weighted by molar-refractivity contribution is 8.03. The Morgan fingerprint density at radius 2 is 1.97 bits per heavy atom. The summed E-state index contributed by atoms with van der Waals surface area (Å²) in [6.07, 6.45) is 6.00. The summed E-state index contributed by atoms with van der Waals surface area (Å²) in [6, 6.07) is 5.53. The van der Waals surface area contributed by atoms with Gasteiger partial charge in [0.15, 0.2) is 0 Å². The van der Waals surface area contributed by atoms with E-state index in [1.54, 1.807) is 4.90 Å². The topological polar surface area (TPSA) is 60.9 Å². The van der Waals surface area contributed by atoms with Crippen LogP contribution in [0.25, 0.3) is 0 Å². The zero-order valence-electron chi connectivity index (χ0n) is 18.5. The van der Waals surface area contributed by atoms with Gasteiger partial charge in [-0.05, 0) is 61.6 Å². The minimum absolute atomic E-state index is 0.00979. The lowest BCUT2D eigenvalue weighted by molar-refractivity contribution is -0.139. The summed E-state index contributed by atoms with van der Waals surface area (Å²) in [7, 11) is 0. The molecule has 31 heavy (non-hydrogen) atoms. The van der Waals surface area contributed by atoms with Crippen molar-refractivity contribution in [3.8, 4) is 0 Å². The molecule has 2 fully saturated rings. The fraction of sp³-hybridized carbons (Fsp3) is 0.542. The van der Waals surface area contributed by atoms with Gasteiger partial charge in [-0.15, -0.1) is 11.8 Å². The maximum absolute atomic E-state index is 13.4. The molecular formula is C24H31N3O3S. The second-order valence-corrected chi connectivity index (χ2v) is 9.83. The maximum Gasteiger partial charge on any atom is 0.328 e. The summed E-state index contributed by atoms with van der Waals surface area (Å²) >= 11 is 1.44. The molecule has 0 spiro atoms. The van der Waals surface area contributed by atoms with Gasteiger partial charge in [-0.25, -0.2) is 4.79 Å². The number of hydrogen-bond acceptors (Lipinski definition) is 4. The largest absolute Gasteiger partial charge is 0.338 e. The maximum atomic E-state index is 13.4. The molecule has 166 valence electrons. The molecule has 4 amide bonds. The number of carbonyl (C=O) groups is 3. The number of likely N-dealkylation sites (tertiary alicyclic amines) is 1. The standard InChI is InChI=1S/C24H31N3O3S/c1-4-19-7-5-6-11-25(19)21(28)15-26-20-10-12-31-22(20)23(29)27(24(26)30)14-18-9-8-16(2)17(3)13-18/h8-10,12-13,19-20,22H,4-7,11,14-15H2,1-3H3. The minimum atomic E-state index is -0.375. The van der Waals surface area contributed by atoms with Gasteiger partial charge in [0, 0.05) is 12.6 Å². The number of rotatable bonds is 5. The first-order valence-electron chi connectivity index (χ1n) is 11.2. The number of hydrogen-bond donors (Lipinski definition) is 0. The zero-order valence-corrected chi connectivity index (χ0v) is 19.4. The third-order valence-corrected chi connectivity index (χ3v) is 7.88. The van der Waals surface area contributed by atoms with Crippen LogP contribution < -0.4 is 0 Å². The third-order valence-electron chi connectivity index (χ3n) is 6.79. The molecule has 0 radical (unpaired) electrons. The Balaban J connectivity index is 1.55. The highest BCUT2D eigenvalue weighted by Gasteiger charge is 2.48. The van der Waals surface area contributed by atoms with Crippen molar-refractivity contribution in [3.05, 3.63) is 46.4 Å². The Morgan fingerprint density at radius 1 is 1.16 bits per heavy atom. The summed E-state index contributed by atoms with van der Waals surface area (Å²) in [6.45, 7) is 7.19. The average molecular weight is 442 g/mol. The first-order valence-corrected chi connectivity index (χ1v) is 12.1. The molecule has 6 nitrogen and oxygen atoms in total. The molecule has 3 heterocycles. The van der Waals surface area contributed by atoms with E-state index in [1.165, 1.54) is 22.2 Å². The van der Waals surface area contributed by atoms with E-state index in [0.29, 0.717) is 0 Å². The van der Waals surface area contributed by atoms with Gasteiger partial charge in [0.05, 0.1) is 12.6 Å². The first-order chi connectivity index (χ1) is 14.9. The molecule has 0 aromatic heterocycles. The summed E-state index contributed by atoms with van der Waals surface area (Å²) < 4.78 is 0. The number of thioether (sulfide) groups is 1. The molecule has 0 bridgehead atoms. The monoisotopic (exact) mass is 441 g/mol. The van der Waals surface area contributed by atoms with Crippen molar-refractivity contribution in [1.29, 1.82) is 0 Å². The van der Waals surface area contributed by atoms with E-state index in [9.17, 15) is 14.4 Å². The number of carbonyl (C=O) groups excluding carboxylic acids is 3. The van der Waals surface area contributed by atoms with Crippen LogP contribution >= 0.6 is 11.8 Å². The summed E-state index contributed by atoms with van der Waals surface area (Å²) in [5, 5.41) is 1.51. The van der Waals surface area contributed by atoms with Crippen LogP contribution in [-0.2, 0) is 16.1 Å². The fourth-order valence-corrected chi connectivity index (χ4v) is 5.85. The number of benzene rings is 1. The molecule has 0 aliphatic carbocycles. The van der Waals surface area contributed by atoms with Gasteiger partial charge in [-0.3, -0.25) is 14.5 Å². The van der Waals surface area contributed by atoms with Crippen LogP contribution in [0.5, 0.6) is 0 Å². The van der Waals surface area contributed by atoms with Crippen LogP contribution in [-0.4, -0.2) is 63.0 Å². The molecule has 3 unspecified atom stereocenters. The van der Waals surface area contributed by atoms with Crippen LogP contribution in [0.4, 0.5) is 4.79 Å². The molecular weight excluding hydrogens is 410 g/mol. The van der Waals surface area contributed by atoms with E-state index in [4.69, 9.17) is 0 Å². The normalized spacial score (nSPS) is 25.9. The number of amides is 4. The van der Waals surface area contributed by atoms with Crippen molar-refractivity contribution in [2.75, 3.05) is 13.1 Å². The van der Waals surface area contributed by atoms with Gasteiger partial charge >= 0.3 is 6.03 Å². The van der Waals surface area contributed by atoms with Gasteiger partial charge in [0.1, 0.15) is 11.8 Å². The Hall–Kier alpha value is -2.28. The van der Waals surface area contributed by atoms with Gasteiger partial charge in [-0.1, -0.05) is 31.2 Å². The van der Waals surface area contributed by atoms with Crippen LogP contribution in [0.1, 0.15) is 49.3 Å². The highest BCUT2D eigenvalue weighted by Crippen LogP contribution is 2.35. The van der Waals surface area contributed by atoms with Crippen molar-refractivity contribution in [3.63, 3.8) is 0 Å². The lowest BCUT2D eigenvalue weighted by atomic mass is 9.99. The zero-order chi connectivity index (χ0) is 22.1. The molecule has 1 aromatic rings. The highest BCUT2D eigenvalue weighted by atomic mass is 32.2. The number of imide groups is 1. The molecule has 4 rings (SSSR count). The Bertz CT molecular complexity index is 915. The van der Waals surface area contributed by atoms with E-state index in [2.05, 4.69) is 6.92 Å². The predicted octanol–water partition coefficient (Wildman–Crippen LogP) is 3.86. The van der Waals surface area contributed by atoms with Crippen molar-refractivity contribution in [1.82, 2.24) is 14.7 Å². The van der Waals surface area contributed by atoms with Crippen LogP contribution in [0.3, 0.4) is 0 Å². The average Bonchev–Trinajstić information content (AvgIpc) is 3.26. The Labute approximate surface area is 188 Å². The van der Waals surface area contributed by atoms with E-state index >= 15 is 0 Å². The fourth-order valence-electron chi connectivity index (χ4n) is 4.79. The van der Waals surface area contributed by atoms with Gasteiger partial charge < -0.3 is 9.80 Å². The van der Waals surface area contributed by atoms with Crippen LogP contribution in [0.15, 0.2) is 29.7 Å². The Morgan fingerprint density at radius 3 is 2.71 bits per heavy atom. The summed E-state index contributed by atoms with van der Waals surface area (Å²) in [5.41, 5.74) is 3.23. The quantitative estimate of drug-likeness (QED) is 0.696. The van der Waals surface area contributed by atoms with E-state index in [0.717, 1.165) is 43.4 Å². The molecule has 2 saturated heterocycles. The molecule has 7 heteroatoms. The lowest BCUT2D eigenvalue weighted by Crippen LogP contribution is -2.63. The number of aryl methyl sites for hydroxylation is 2. The van der Waals surface area contributed by atoms with Crippen molar-refractivity contribution < 1.29 is 14.4 Å². The molecule has 3 atom stereocenters. The number of piperidine rings is 1. The van der Waals surface area contributed by atoms with E-state index < -0.39 is 0 Å². The SMILES string of the molecule is CCC1CCCCN1C(=O)CN1C(=O)N(Cc2ccc(C)c(C)c2)C(=O)C2SC=CC21. The van der Waals surface area contributed by atoms with E-state index in [1.807, 2.05) is 48.4 Å². The van der Waals surface area contributed by atoms with Crippen molar-refractivity contribution in [2.24, 2.45) is 0 Å². The molecule has 1 aromatic carbocycles. The van der Waals surface area contributed by atoms with Gasteiger partial charge in [0.25, 0.3) is 0 Å². The number of fused-ring (bicyclic) bond motifs is 1. The van der Waals surface area contributed by atoms with Crippen molar-refractivity contribution in [2.45, 2.75) is 70.3 Å². The third kappa shape index (κ3) is 4.25. The lowest BCUT2D eigenvalue weighted by Gasteiger charge is -2.43. The van der Waals surface area contributed by atoms with Crippen LogP contribution in [0.2, 0.25) is 0 Å². The smallest absolute Gasteiger partial charge is 0.328 e. The molecule has 3 aliphatic heterocycles. The molecule has 0 saturated carbocycles. The number of nitrogens with zero attached hydrogens (tertiary/aromatic N) is 3. The van der Waals surface area contributed by atoms with Crippen LogP contribution in [0, 0.1) is 13.8 Å². The molecule has 0 N–H and O–H groups in total. The van der Waals surface area contributed by atoms with E-state index in [-0.39, 0.29) is 48.3 Å². The van der Waals surface area contributed by atoms with Gasteiger partial charge in [-0.2, -0.15) is 0 Å². The van der Waals surface area contributed by atoms with Crippen molar-refractivity contribution >= 4 is 29.6 Å².